The van der Waals surface area contributed by atoms with Gasteiger partial charge >= 0.3 is 6.03 Å². The molecule has 1 fully saturated rings. The summed E-state index contributed by atoms with van der Waals surface area (Å²) in [5.41, 5.74) is -0.0314. The predicted molar refractivity (Wildman–Crippen MR) is 108 cm³/mol. The minimum absolute atomic E-state index is 0.267. The zero-order chi connectivity index (χ0) is 21.9. The van der Waals surface area contributed by atoms with Gasteiger partial charge in [-0.2, -0.15) is 0 Å². The first-order valence-electron chi connectivity index (χ1n) is 9.58. The first kappa shape index (κ1) is 21.3. The molecule has 0 saturated carbocycles. The maximum atomic E-state index is 13.3. The monoisotopic (exact) mass is 413 g/mol. The maximum absolute atomic E-state index is 13.3. The fourth-order valence-corrected chi connectivity index (χ4v) is 3.58. The first-order valence-corrected chi connectivity index (χ1v) is 9.58. The number of hydrogen-bond donors (Lipinski definition) is 1. The van der Waals surface area contributed by atoms with Gasteiger partial charge in [0.15, 0.2) is 0 Å². The second kappa shape index (κ2) is 8.52. The normalized spacial score (nSPS) is 18.3. The first-order chi connectivity index (χ1) is 14.3. The van der Waals surface area contributed by atoms with Crippen LogP contribution in [-0.4, -0.2) is 48.3 Å². The minimum atomic E-state index is -1.31. The average Bonchev–Trinajstić information content (AvgIpc) is 2.99. The van der Waals surface area contributed by atoms with Crippen LogP contribution in [0, 0.1) is 5.82 Å². The molecule has 2 aromatic carbocycles. The summed E-state index contributed by atoms with van der Waals surface area (Å²) in [4.78, 5) is 40.8. The number of nitrogens with one attached hydrogen (secondary N) is 1. The molecule has 1 aliphatic rings. The van der Waals surface area contributed by atoms with Crippen molar-refractivity contribution in [3.05, 3.63) is 65.5 Å². The molecule has 1 aliphatic heterocycles. The van der Waals surface area contributed by atoms with Crippen molar-refractivity contribution in [3.8, 4) is 5.75 Å². The summed E-state index contributed by atoms with van der Waals surface area (Å²) in [5, 5.41) is 2.69. The molecule has 0 spiro atoms. The summed E-state index contributed by atoms with van der Waals surface area (Å²) >= 11 is 0. The molecule has 0 unspecified atom stereocenters. The van der Waals surface area contributed by atoms with E-state index in [4.69, 9.17) is 4.74 Å². The van der Waals surface area contributed by atoms with Crippen molar-refractivity contribution in [2.75, 3.05) is 20.7 Å². The Morgan fingerprint density at radius 2 is 1.83 bits per heavy atom. The summed E-state index contributed by atoms with van der Waals surface area (Å²) in [7, 11) is 3.15. The van der Waals surface area contributed by atoms with Gasteiger partial charge in [-0.1, -0.05) is 37.3 Å². The number of para-hydroxylation sites is 1. The molecule has 0 aromatic heterocycles. The van der Waals surface area contributed by atoms with Gasteiger partial charge in [-0.3, -0.25) is 14.5 Å². The molecule has 7 nitrogen and oxygen atoms in total. The van der Waals surface area contributed by atoms with E-state index in [0.717, 1.165) is 10.5 Å². The van der Waals surface area contributed by atoms with Crippen molar-refractivity contribution in [2.24, 2.45) is 0 Å². The fourth-order valence-electron chi connectivity index (χ4n) is 3.58. The number of halogens is 1. The van der Waals surface area contributed by atoms with E-state index in [-0.39, 0.29) is 19.5 Å². The number of methoxy groups -OCH3 is 1. The van der Waals surface area contributed by atoms with E-state index in [2.05, 4.69) is 5.32 Å². The van der Waals surface area contributed by atoms with Gasteiger partial charge in [0.2, 0.25) is 5.91 Å². The summed E-state index contributed by atoms with van der Waals surface area (Å²) < 4.78 is 18.6. The van der Waals surface area contributed by atoms with Gasteiger partial charge in [0.25, 0.3) is 5.91 Å². The number of benzene rings is 2. The van der Waals surface area contributed by atoms with Crippen molar-refractivity contribution >= 4 is 17.8 Å². The van der Waals surface area contributed by atoms with Gasteiger partial charge in [0.05, 0.1) is 7.11 Å². The van der Waals surface area contributed by atoms with Gasteiger partial charge in [-0.15, -0.1) is 0 Å². The number of amides is 4. The van der Waals surface area contributed by atoms with Crippen LogP contribution in [0.25, 0.3) is 0 Å². The van der Waals surface area contributed by atoms with E-state index in [1.165, 1.54) is 29.2 Å². The third-order valence-electron chi connectivity index (χ3n) is 5.36. The quantitative estimate of drug-likeness (QED) is 0.708. The lowest BCUT2D eigenvalue weighted by Crippen LogP contribution is -2.45. The molecule has 1 atom stereocenters. The zero-order valence-corrected chi connectivity index (χ0v) is 17.1. The summed E-state index contributed by atoms with van der Waals surface area (Å²) in [6, 6.07) is 12.1. The van der Waals surface area contributed by atoms with E-state index in [0.29, 0.717) is 11.3 Å². The van der Waals surface area contributed by atoms with Crippen molar-refractivity contribution in [1.29, 1.82) is 0 Å². The number of likely N-dealkylation sites (N-methyl/N-ethyl adjacent to an activating group) is 1. The summed E-state index contributed by atoms with van der Waals surface area (Å²) in [5.74, 6) is -0.712. The van der Waals surface area contributed by atoms with Crippen LogP contribution in [0.5, 0.6) is 5.75 Å². The highest BCUT2D eigenvalue weighted by atomic mass is 19.1. The van der Waals surface area contributed by atoms with Crippen molar-refractivity contribution in [2.45, 2.75) is 25.4 Å². The molecule has 158 valence electrons. The Morgan fingerprint density at radius 3 is 2.47 bits per heavy atom. The minimum Gasteiger partial charge on any atom is -0.496 e. The van der Waals surface area contributed by atoms with E-state index < -0.39 is 29.2 Å². The maximum Gasteiger partial charge on any atom is 0.325 e. The lowest BCUT2D eigenvalue weighted by molar-refractivity contribution is -0.138. The molecule has 8 heteroatoms. The van der Waals surface area contributed by atoms with Crippen LogP contribution in [0.2, 0.25) is 0 Å². The van der Waals surface area contributed by atoms with E-state index in [1.54, 1.807) is 27.1 Å². The Bertz CT molecular complexity index is 963. The topological polar surface area (TPSA) is 79.0 Å². The van der Waals surface area contributed by atoms with Crippen molar-refractivity contribution in [1.82, 2.24) is 15.1 Å². The standard InChI is InChI=1S/C22H24FN3O4/c1-4-22(16-9-11-17(23)12-10-16)20(28)26(21(29)24-22)14-19(27)25(2)13-15-7-5-6-8-18(15)30-3/h5-12H,4,13-14H2,1-3H3,(H,24,29)/t22-/m0/s1. The van der Waals surface area contributed by atoms with E-state index in [9.17, 15) is 18.8 Å². The molecule has 3 rings (SSSR count). The molecule has 1 N–H and O–H groups in total. The number of carbonyl (C=O) groups is 3. The van der Waals surface area contributed by atoms with Crippen LogP contribution in [0.4, 0.5) is 9.18 Å². The molecule has 1 saturated heterocycles. The highest BCUT2D eigenvalue weighted by Gasteiger charge is 2.51. The molecule has 2 aromatic rings. The third kappa shape index (κ3) is 3.85. The third-order valence-corrected chi connectivity index (χ3v) is 5.36. The second-order valence-corrected chi connectivity index (χ2v) is 7.15. The van der Waals surface area contributed by atoms with Crippen molar-refractivity contribution < 1.29 is 23.5 Å². The van der Waals surface area contributed by atoms with Crippen LogP contribution < -0.4 is 10.1 Å². The predicted octanol–water partition coefficient (Wildman–Crippen LogP) is 2.65. The SMILES string of the molecule is CC[C@@]1(c2ccc(F)cc2)NC(=O)N(CC(=O)N(C)Cc2ccccc2OC)C1=O. The van der Waals surface area contributed by atoms with Gasteiger partial charge in [0, 0.05) is 19.2 Å². The van der Waals surface area contributed by atoms with Gasteiger partial charge < -0.3 is 15.0 Å². The zero-order valence-electron chi connectivity index (χ0n) is 17.1. The number of imide groups is 1. The van der Waals surface area contributed by atoms with E-state index in [1.807, 2.05) is 18.2 Å². The summed E-state index contributed by atoms with van der Waals surface area (Å²) in [6.45, 7) is 1.63. The molecule has 30 heavy (non-hydrogen) atoms. The highest BCUT2D eigenvalue weighted by Crippen LogP contribution is 2.32. The average molecular weight is 413 g/mol. The lowest BCUT2D eigenvalue weighted by Gasteiger charge is -2.26. The Labute approximate surface area is 174 Å². The highest BCUT2D eigenvalue weighted by molar-refractivity contribution is 6.09. The Morgan fingerprint density at radius 1 is 1.17 bits per heavy atom. The Kier molecular flexibility index (Phi) is 6.05. The van der Waals surface area contributed by atoms with Crippen LogP contribution in [0.1, 0.15) is 24.5 Å². The van der Waals surface area contributed by atoms with Crippen LogP contribution in [0.15, 0.2) is 48.5 Å². The molecule has 1 heterocycles. The molecule has 4 amide bonds. The second-order valence-electron chi connectivity index (χ2n) is 7.15. The molecular formula is C22H24FN3O4. The molecule has 0 aliphatic carbocycles. The van der Waals surface area contributed by atoms with Crippen LogP contribution >= 0.6 is 0 Å². The number of rotatable bonds is 7. The molecule has 0 radical (unpaired) electrons. The van der Waals surface area contributed by atoms with Crippen LogP contribution in [-0.2, 0) is 21.7 Å². The number of ether oxygens (including phenoxy) is 1. The number of carbonyl (C=O) groups excluding carboxylic acids is 3. The largest absolute Gasteiger partial charge is 0.496 e. The van der Waals surface area contributed by atoms with Crippen molar-refractivity contribution in [3.63, 3.8) is 0 Å². The van der Waals surface area contributed by atoms with Gasteiger partial charge in [-0.25, -0.2) is 9.18 Å². The van der Waals surface area contributed by atoms with E-state index >= 15 is 0 Å². The number of hydrogen-bond acceptors (Lipinski definition) is 4. The Hall–Kier alpha value is -3.42. The number of urea groups is 1. The van der Waals surface area contributed by atoms with Gasteiger partial charge in [0.1, 0.15) is 23.7 Å². The fraction of sp³-hybridized carbons (Fsp3) is 0.318. The van der Waals surface area contributed by atoms with Gasteiger partial charge in [-0.05, 0) is 30.2 Å². The Balaban J connectivity index is 1.76. The smallest absolute Gasteiger partial charge is 0.325 e. The number of nitrogens with zero attached hydrogens (tertiary/aromatic N) is 2. The summed E-state index contributed by atoms with van der Waals surface area (Å²) in [6.07, 6.45) is 0.269. The molecular weight excluding hydrogens is 389 g/mol. The lowest BCUT2D eigenvalue weighted by atomic mass is 9.87. The van der Waals surface area contributed by atoms with Crippen LogP contribution in [0.3, 0.4) is 0 Å². The molecule has 0 bridgehead atoms.